The Balaban J connectivity index is 5.65. The maximum absolute atomic E-state index is 12.6. The zero-order chi connectivity index (χ0) is 17.7. The van der Waals surface area contributed by atoms with E-state index in [0.29, 0.717) is 0 Å². The Morgan fingerprint density at radius 1 is 0.381 bits per heavy atom. The van der Waals surface area contributed by atoms with Gasteiger partial charge in [-0.1, -0.05) is 0 Å². The third-order valence-corrected chi connectivity index (χ3v) is 8.98. The molecule has 124 valence electrons. The molecule has 0 aliphatic rings. The van der Waals surface area contributed by atoms with Crippen LogP contribution in [0.5, 0.6) is 0 Å². The topological polar surface area (TPSA) is 0 Å². The number of alkyl halides is 14. The summed E-state index contributed by atoms with van der Waals surface area (Å²) in [6, 6.07) is 0. The second-order valence-electron chi connectivity index (χ2n) is 3.73. The van der Waals surface area contributed by atoms with Gasteiger partial charge in [-0.3, -0.25) is 0 Å². The van der Waals surface area contributed by atoms with Crippen LogP contribution >= 0.6 is 0 Å². The Hall–Kier alpha value is -0.0449. The first-order valence-electron chi connectivity index (χ1n) is 4.35. The van der Waals surface area contributed by atoms with Gasteiger partial charge in [0, 0.05) is 0 Å². The minimum atomic E-state index is -7.13. The van der Waals surface area contributed by atoms with Crippen molar-refractivity contribution < 1.29 is 86.0 Å². The van der Waals surface area contributed by atoms with E-state index in [1.807, 2.05) is 0 Å². The van der Waals surface area contributed by atoms with Crippen molar-refractivity contribution in [2.45, 2.75) is 31.1 Å². The molecule has 0 bridgehead atoms. The van der Waals surface area contributed by atoms with E-state index in [9.17, 15) is 61.5 Å². The zero-order valence-corrected chi connectivity index (χ0v) is 14.5. The summed E-state index contributed by atoms with van der Waals surface area (Å²) in [7, 11) is 0. The van der Waals surface area contributed by atoms with E-state index in [0.717, 1.165) is 0 Å². The first-order valence-corrected chi connectivity index (χ1v) is 9.85. The van der Waals surface area contributed by atoms with Gasteiger partial charge in [0.1, 0.15) is 0 Å². The summed E-state index contributed by atoms with van der Waals surface area (Å²) >= 11 is -6.83. The van der Waals surface area contributed by atoms with Crippen molar-refractivity contribution in [3.8, 4) is 0 Å². The molecular formula is C6F14Hg. The molecule has 0 spiro atoms. The summed E-state index contributed by atoms with van der Waals surface area (Å²) in [5.41, 5.74) is 0. The first kappa shape index (κ1) is 21.0. The molecule has 0 aromatic rings. The summed E-state index contributed by atoms with van der Waals surface area (Å²) in [4.78, 5) is 0. The van der Waals surface area contributed by atoms with Gasteiger partial charge in [-0.15, -0.1) is 0 Å². The van der Waals surface area contributed by atoms with Crippen LogP contribution in [-0.2, 0) is 24.6 Å². The van der Waals surface area contributed by atoms with Crippen LogP contribution in [0.3, 0.4) is 0 Å². The average molecular weight is 539 g/mol. The summed E-state index contributed by atoms with van der Waals surface area (Å²) < 4.78 is 155. The minimum absolute atomic E-state index is 6.68. The Morgan fingerprint density at radius 2 is 0.571 bits per heavy atom. The monoisotopic (exact) mass is 540 g/mol. The van der Waals surface area contributed by atoms with E-state index in [1.165, 1.54) is 0 Å². The molecule has 0 radical (unpaired) electrons. The van der Waals surface area contributed by atoms with Gasteiger partial charge < -0.3 is 0 Å². The molecule has 0 fully saturated rings. The Bertz CT molecular complexity index is 338. The molecule has 0 saturated carbocycles. The summed E-state index contributed by atoms with van der Waals surface area (Å²) in [5.74, 6) is -14.3. The molecular weight excluding hydrogens is 539 g/mol. The second kappa shape index (κ2) is 5.25. The molecule has 0 heterocycles. The van der Waals surface area contributed by atoms with E-state index < -0.39 is 55.6 Å². The summed E-state index contributed by atoms with van der Waals surface area (Å²) in [6.07, 6.45) is -14.2. The van der Waals surface area contributed by atoms with Crippen molar-refractivity contribution in [3.05, 3.63) is 0 Å². The first-order chi connectivity index (χ1) is 8.71. The van der Waals surface area contributed by atoms with Gasteiger partial charge in [-0.05, 0) is 0 Å². The van der Waals surface area contributed by atoms with E-state index in [4.69, 9.17) is 0 Å². The summed E-state index contributed by atoms with van der Waals surface area (Å²) in [6.45, 7) is 0. The molecule has 0 aliphatic heterocycles. The van der Waals surface area contributed by atoms with E-state index in [2.05, 4.69) is 0 Å². The molecule has 0 N–H and O–H groups in total. The fourth-order valence-corrected chi connectivity index (χ4v) is 6.37. The third kappa shape index (κ3) is 3.65. The van der Waals surface area contributed by atoms with Crippen LogP contribution in [0.2, 0.25) is 0 Å². The number of hydrogen-bond donors (Lipinski definition) is 0. The predicted molar refractivity (Wildman–Crippen MR) is 31.9 cm³/mol. The van der Waals surface area contributed by atoms with Gasteiger partial charge in [-0.2, -0.15) is 0 Å². The molecule has 0 atom stereocenters. The molecule has 0 aliphatic carbocycles. The number of halogens is 14. The van der Waals surface area contributed by atoms with Crippen LogP contribution in [0, 0.1) is 0 Å². The van der Waals surface area contributed by atoms with Crippen molar-refractivity contribution in [1.29, 1.82) is 0 Å². The van der Waals surface area contributed by atoms with Gasteiger partial charge in [0.25, 0.3) is 0 Å². The van der Waals surface area contributed by atoms with E-state index in [-0.39, 0.29) is 0 Å². The zero-order valence-electron chi connectivity index (χ0n) is 9.00. The van der Waals surface area contributed by atoms with Gasteiger partial charge >= 0.3 is 117 Å². The van der Waals surface area contributed by atoms with Gasteiger partial charge in [0.05, 0.1) is 0 Å². The van der Waals surface area contributed by atoms with Crippen molar-refractivity contribution in [3.63, 3.8) is 0 Å². The van der Waals surface area contributed by atoms with Crippen LogP contribution in [0.15, 0.2) is 0 Å². The van der Waals surface area contributed by atoms with Crippen LogP contribution in [0.4, 0.5) is 61.5 Å². The van der Waals surface area contributed by atoms with Crippen LogP contribution in [-0.4, -0.2) is 31.1 Å². The van der Waals surface area contributed by atoms with Crippen molar-refractivity contribution in [2.24, 2.45) is 0 Å². The molecule has 0 unspecified atom stereocenters. The maximum atomic E-state index is 12.6. The molecule has 0 aromatic heterocycles. The van der Waals surface area contributed by atoms with E-state index in [1.54, 1.807) is 0 Å². The third-order valence-electron chi connectivity index (χ3n) is 2.07. The predicted octanol–water partition coefficient (Wildman–Crippen LogP) is 4.65. The second-order valence-corrected chi connectivity index (χ2v) is 12.0. The van der Waals surface area contributed by atoms with Crippen LogP contribution in [0.25, 0.3) is 0 Å². The van der Waals surface area contributed by atoms with Gasteiger partial charge in [0.2, 0.25) is 0 Å². The molecule has 0 rings (SSSR count). The Labute approximate surface area is 117 Å². The van der Waals surface area contributed by atoms with E-state index >= 15 is 0 Å². The van der Waals surface area contributed by atoms with Crippen LogP contribution < -0.4 is 0 Å². The van der Waals surface area contributed by atoms with Gasteiger partial charge in [-0.25, -0.2) is 0 Å². The Morgan fingerprint density at radius 3 is 0.714 bits per heavy atom. The van der Waals surface area contributed by atoms with Crippen molar-refractivity contribution >= 4 is 0 Å². The normalized spacial score (nSPS) is 15.9. The van der Waals surface area contributed by atoms with Crippen LogP contribution in [0.1, 0.15) is 0 Å². The van der Waals surface area contributed by atoms with Gasteiger partial charge in [0.15, 0.2) is 0 Å². The molecule has 0 nitrogen and oxygen atoms in total. The standard InChI is InChI=1S/2C3F7.Hg/c2*4-1(5)2(6,7)3(8,9)10;. The molecule has 21 heavy (non-hydrogen) atoms. The number of rotatable bonds is 4. The average Bonchev–Trinajstić information content (AvgIpc) is 2.11. The molecule has 15 heteroatoms. The SMILES string of the molecule is FC(F)(F)C(F)(F)[C](F)(F)[Hg][C](F)(F)C(F)(F)C(F)(F)F. The summed E-state index contributed by atoms with van der Waals surface area (Å²) in [5, 5.41) is 0. The fraction of sp³-hybridized carbons (Fsp3) is 1.00. The molecule has 0 saturated heterocycles. The number of hydrogen-bond acceptors (Lipinski definition) is 0. The van der Waals surface area contributed by atoms with Crippen molar-refractivity contribution in [2.75, 3.05) is 0 Å². The Kier molecular flexibility index (Phi) is 5.24. The fourth-order valence-electron chi connectivity index (χ4n) is 0.916. The van der Waals surface area contributed by atoms with Crippen molar-refractivity contribution in [1.82, 2.24) is 0 Å². The quantitative estimate of drug-likeness (QED) is 0.361. The molecule has 0 amide bonds. The molecule has 0 aromatic carbocycles.